The van der Waals surface area contributed by atoms with Gasteiger partial charge < -0.3 is 4.74 Å². The molecule has 2 unspecified atom stereocenters. The van der Waals surface area contributed by atoms with Crippen molar-refractivity contribution >= 4 is 11.6 Å². The molecule has 2 aromatic rings. The van der Waals surface area contributed by atoms with Crippen LogP contribution in [0.3, 0.4) is 0 Å². The highest BCUT2D eigenvalue weighted by molar-refractivity contribution is 6.20. The van der Waals surface area contributed by atoms with Crippen molar-refractivity contribution in [2.75, 3.05) is 6.61 Å². The third kappa shape index (κ3) is 2.20. The summed E-state index contributed by atoms with van der Waals surface area (Å²) in [5, 5.41) is 0.217. The van der Waals surface area contributed by atoms with Crippen molar-refractivity contribution < 1.29 is 4.74 Å². The molecule has 0 amide bonds. The summed E-state index contributed by atoms with van der Waals surface area (Å²) in [7, 11) is 0. The summed E-state index contributed by atoms with van der Waals surface area (Å²) in [4.78, 5) is 0. The fraction of sp³-hybridized carbons (Fsp3) is 0.368. The van der Waals surface area contributed by atoms with E-state index in [1.807, 2.05) is 0 Å². The van der Waals surface area contributed by atoms with Crippen LogP contribution in [-0.4, -0.2) is 12.0 Å². The van der Waals surface area contributed by atoms with Gasteiger partial charge in [-0.25, -0.2) is 0 Å². The third-order valence-corrected chi connectivity index (χ3v) is 5.24. The number of hydrogen-bond donors (Lipinski definition) is 0. The number of halogens is 1. The van der Waals surface area contributed by atoms with E-state index in [2.05, 4.69) is 49.4 Å². The van der Waals surface area contributed by atoms with Gasteiger partial charge in [0.25, 0.3) is 0 Å². The first kappa shape index (κ1) is 13.4. The molecule has 0 radical (unpaired) electrons. The van der Waals surface area contributed by atoms with Gasteiger partial charge >= 0.3 is 0 Å². The summed E-state index contributed by atoms with van der Waals surface area (Å²) in [6.45, 7) is 2.92. The smallest absolute Gasteiger partial charge is 0.0917 e. The van der Waals surface area contributed by atoms with Crippen molar-refractivity contribution in [3.8, 4) is 11.1 Å². The van der Waals surface area contributed by atoms with E-state index in [9.17, 15) is 0 Å². The Hall–Kier alpha value is -1.31. The predicted octanol–water partition coefficient (Wildman–Crippen LogP) is 4.89. The van der Waals surface area contributed by atoms with Crippen molar-refractivity contribution in [2.24, 2.45) is 0 Å². The van der Waals surface area contributed by atoms with Crippen LogP contribution in [0.15, 0.2) is 42.5 Å². The van der Waals surface area contributed by atoms with E-state index < -0.39 is 0 Å². The molecule has 0 aromatic heterocycles. The molecule has 4 rings (SSSR count). The fourth-order valence-electron chi connectivity index (χ4n) is 3.67. The normalized spacial score (nSPS) is 27.2. The summed E-state index contributed by atoms with van der Waals surface area (Å²) in [5.41, 5.74) is 6.61. The van der Waals surface area contributed by atoms with E-state index in [1.165, 1.54) is 27.8 Å². The minimum absolute atomic E-state index is 0.217. The van der Waals surface area contributed by atoms with Crippen LogP contribution in [0.4, 0.5) is 0 Å². The molecular weight excluding hydrogens is 280 g/mol. The number of hydrogen-bond acceptors (Lipinski definition) is 1. The molecule has 1 saturated heterocycles. The van der Waals surface area contributed by atoms with E-state index in [0.29, 0.717) is 0 Å². The highest BCUT2D eigenvalue weighted by Gasteiger charge is 2.35. The second-order valence-electron chi connectivity index (χ2n) is 6.38. The molecule has 2 aromatic carbocycles. The lowest BCUT2D eigenvalue weighted by Gasteiger charge is -2.37. The Morgan fingerprint density at radius 2 is 1.90 bits per heavy atom. The first-order valence-electron chi connectivity index (χ1n) is 7.65. The van der Waals surface area contributed by atoms with Gasteiger partial charge in [0, 0.05) is 12.0 Å². The lowest BCUT2D eigenvalue weighted by Crippen LogP contribution is -2.35. The zero-order valence-electron chi connectivity index (χ0n) is 12.2. The van der Waals surface area contributed by atoms with Gasteiger partial charge in [0.15, 0.2) is 0 Å². The Balaban J connectivity index is 1.73. The van der Waals surface area contributed by atoms with Crippen molar-refractivity contribution in [3.05, 3.63) is 59.2 Å². The van der Waals surface area contributed by atoms with Crippen LogP contribution in [-0.2, 0) is 16.8 Å². The molecule has 0 N–H and O–H groups in total. The monoisotopic (exact) mass is 298 g/mol. The molecule has 2 atom stereocenters. The van der Waals surface area contributed by atoms with E-state index >= 15 is 0 Å². The number of alkyl halides is 1. The molecule has 1 aliphatic heterocycles. The second-order valence-corrected chi connectivity index (χ2v) is 6.99. The van der Waals surface area contributed by atoms with Gasteiger partial charge in [0.1, 0.15) is 0 Å². The Morgan fingerprint density at radius 3 is 2.76 bits per heavy atom. The van der Waals surface area contributed by atoms with Gasteiger partial charge in [-0.3, -0.25) is 0 Å². The summed E-state index contributed by atoms with van der Waals surface area (Å²) >= 11 is 6.36. The lowest BCUT2D eigenvalue weighted by atomic mass is 9.86. The number of benzene rings is 2. The highest BCUT2D eigenvalue weighted by atomic mass is 35.5. The minimum Gasteiger partial charge on any atom is -0.370 e. The van der Waals surface area contributed by atoms with Crippen LogP contribution in [0, 0.1) is 0 Å². The zero-order valence-corrected chi connectivity index (χ0v) is 13.0. The molecular formula is C19H19ClO. The van der Waals surface area contributed by atoms with E-state index in [4.69, 9.17) is 16.3 Å². The number of fused-ring (bicyclic) bond motifs is 3. The fourth-order valence-corrected chi connectivity index (χ4v) is 4.05. The standard InChI is InChI=1S/C19H19ClO/c1-19(12-16(20)8-9-21-19)15-6-7-18-14(11-15)10-13-4-2-3-5-17(13)18/h2-7,11,16H,8-10,12H2,1H3. The first-order chi connectivity index (χ1) is 10.2. The Kier molecular flexibility index (Phi) is 3.09. The van der Waals surface area contributed by atoms with Crippen molar-refractivity contribution in [2.45, 2.75) is 37.2 Å². The van der Waals surface area contributed by atoms with Crippen LogP contribution in [0.1, 0.15) is 36.5 Å². The molecule has 0 bridgehead atoms. The van der Waals surface area contributed by atoms with Crippen LogP contribution in [0.25, 0.3) is 11.1 Å². The van der Waals surface area contributed by atoms with Gasteiger partial charge in [-0.05, 0) is 54.0 Å². The van der Waals surface area contributed by atoms with E-state index in [0.717, 1.165) is 25.9 Å². The van der Waals surface area contributed by atoms with Crippen LogP contribution in [0.5, 0.6) is 0 Å². The van der Waals surface area contributed by atoms with E-state index in [1.54, 1.807) is 0 Å². The SMILES string of the molecule is CC1(c2ccc3c(c2)Cc2ccccc2-3)CC(Cl)CCO1. The van der Waals surface area contributed by atoms with Crippen LogP contribution in [0.2, 0.25) is 0 Å². The minimum atomic E-state index is -0.242. The summed E-state index contributed by atoms with van der Waals surface area (Å²) < 4.78 is 6.07. The average molecular weight is 299 g/mol. The maximum atomic E-state index is 6.36. The molecule has 0 saturated carbocycles. The quantitative estimate of drug-likeness (QED) is 0.581. The zero-order chi connectivity index (χ0) is 14.4. The van der Waals surface area contributed by atoms with Gasteiger partial charge in [-0.15, -0.1) is 11.6 Å². The third-order valence-electron chi connectivity index (χ3n) is 4.87. The molecule has 1 heterocycles. The lowest BCUT2D eigenvalue weighted by molar-refractivity contribution is -0.0684. The Labute approximate surface area is 130 Å². The summed E-state index contributed by atoms with van der Waals surface area (Å²) in [6, 6.07) is 15.5. The molecule has 0 spiro atoms. The van der Waals surface area contributed by atoms with Crippen molar-refractivity contribution in [1.29, 1.82) is 0 Å². The highest BCUT2D eigenvalue weighted by Crippen LogP contribution is 2.41. The largest absolute Gasteiger partial charge is 0.370 e. The van der Waals surface area contributed by atoms with Crippen LogP contribution >= 0.6 is 11.6 Å². The van der Waals surface area contributed by atoms with Crippen molar-refractivity contribution in [1.82, 2.24) is 0 Å². The topological polar surface area (TPSA) is 9.23 Å². The molecule has 2 aliphatic rings. The van der Waals surface area contributed by atoms with Gasteiger partial charge in [-0.2, -0.15) is 0 Å². The maximum Gasteiger partial charge on any atom is 0.0917 e. The molecule has 1 fully saturated rings. The van der Waals surface area contributed by atoms with Gasteiger partial charge in [0.05, 0.1) is 5.60 Å². The molecule has 1 nitrogen and oxygen atoms in total. The number of ether oxygens (including phenoxy) is 1. The average Bonchev–Trinajstić information content (AvgIpc) is 2.84. The number of rotatable bonds is 1. The van der Waals surface area contributed by atoms with Gasteiger partial charge in [0.2, 0.25) is 0 Å². The predicted molar refractivity (Wildman–Crippen MR) is 86.9 cm³/mol. The first-order valence-corrected chi connectivity index (χ1v) is 8.09. The summed E-state index contributed by atoms with van der Waals surface area (Å²) in [5.74, 6) is 0. The summed E-state index contributed by atoms with van der Waals surface area (Å²) in [6.07, 6.45) is 2.87. The maximum absolute atomic E-state index is 6.36. The van der Waals surface area contributed by atoms with Gasteiger partial charge in [-0.1, -0.05) is 42.5 Å². The van der Waals surface area contributed by atoms with Crippen LogP contribution < -0.4 is 0 Å². The van der Waals surface area contributed by atoms with E-state index in [-0.39, 0.29) is 11.0 Å². The molecule has 2 heteroatoms. The van der Waals surface area contributed by atoms with Crippen molar-refractivity contribution in [3.63, 3.8) is 0 Å². The molecule has 1 aliphatic carbocycles. The molecule has 21 heavy (non-hydrogen) atoms. The molecule has 108 valence electrons. The Morgan fingerprint density at radius 1 is 1.10 bits per heavy atom. The second kappa shape index (κ2) is 4.86. The Bertz CT molecular complexity index is 694.